The number of rotatable bonds is 3. The van der Waals surface area contributed by atoms with Gasteiger partial charge >= 0.3 is 0 Å². The van der Waals surface area contributed by atoms with Gasteiger partial charge in [0.25, 0.3) is 0 Å². The van der Waals surface area contributed by atoms with Crippen LogP contribution in [0.15, 0.2) is 0 Å². The number of hydrogen-bond donors (Lipinski definition) is 1. The molecule has 1 heterocycles. The molecule has 1 aliphatic heterocycles. The van der Waals surface area contributed by atoms with Gasteiger partial charge in [0.15, 0.2) is 0 Å². The van der Waals surface area contributed by atoms with Crippen LogP contribution in [0.5, 0.6) is 0 Å². The zero-order valence-corrected chi connectivity index (χ0v) is 10.7. The minimum absolute atomic E-state index is 0.613. The molecule has 0 aromatic carbocycles. The molecule has 1 saturated heterocycles. The van der Waals surface area contributed by atoms with E-state index in [-0.39, 0.29) is 0 Å². The Hall–Kier alpha value is 0.310. The van der Waals surface area contributed by atoms with Gasteiger partial charge in [0.05, 0.1) is 0 Å². The fourth-order valence-electron chi connectivity index (χ4n) is 2.77. The molecule has 2 fully saturated rings. The van der Waals surface area contributed by atoms with Crippen LogP contribution < -0.4 is 5.32 Å². The lowest BCUT2D eigenvalue weighted by Gasteiger charge is -2.23. The van der Waals surface area contributed by atoms with Crippen molar-refractivity contribution < 1.29 is 0 Å². The van der Waals surface area contributed by atoms with Crippen molar-refractivity contribution in [3.8, 4) is 0 Å². The van der Waals surface area contributed by atoms with Crippen LogP contribution in [0.2, 0.25) is 0 Å². The predicted octanol–water partition coefficient (Wildman–Crippen LogP) is 2.90. The average molecular weight is 213 g/mol. The first kappa shape index (κ1) is 10.8. The first-order chi connectivity index (χ1) is 6.50. The second-order valence-electron chi connectivity index (χ2n) is 5.73. The third-order valence-corrected chi connectivity index (χ3v) is 5.37. The van der Waals surface area contributed by atoms with Crippen LogP contribution in [0, 0.1) is 11.3 Å². The molecule has 1 aliphatic carbocycles. The van der Waals surface area contributed by atoms with Crippen LogP contribution in [0.3, 0.4) is 0 Å². The number of thioether (sulfide) groups is 1. The van der Waals surface area contributed by atoms with Gasteiger partial charge in [-0.25, -0.2) is 0 Å². The maximum atomic E-state index is 3.83. The Morgan fingerprint density at radius 3 is 2.50 bits per heavy atom. The summed E-state index contributed by atoms with van der Waals surface area (Å²) in [7, 11) is 0. The molecule has 0 spiro atoms. The molecule has 2 aliphatic rings. The molecule has 0 amide bonds. The molecule has 1 nitrogen and oxygen atoms in total. The van der Waals surface area contributed by atoms with Crippen molar-refractivity contribution in [2.45, 2.75) is 57.9 Å². The van der Waals surface area contributed by atoms with Gasteiger partial charge in [0, 0.05) is 17.3 Å². The standard InChI is InChI=1S/C12H23NS/c1-8(10-7-12(10,3)4)13-11-5-6-14-9(11)2/h8-11,13H,5-7H2,1-4H3. The highest BCUT2D eigenvalue weighted by atomic mass is 32.2. The number of hydrogen-bond acceptors (Lipinski definition) is 2. The monoisotopic (exact) mass is 213 g/mol. The molecule has 2 rings (SSSR count). The van der Waals surface area contributed by atoms with E-state index in [2.05, 4.69) is 44.8 Å². The molecule has 4 atom stereocenters. The normalized spacial score (nSPS) is 42.4. The zero-order valence-electron chi connectivity index (χ0n) is 9.84. The average Bonchev–Trinajstić information content (AvgIpc) is 2.54. The fourth-order valence-corrected chi connectivity index (χ4v) is 3.97. The van der Waals surface area contributed by atoms with Crippen LogP contribution in [-0.4, -0.2) is 23.1 Å². The van der Waals surface area contributed by atoms with Gasteiger partial charge in [0.2, 0.25) is 0 Å². The quantitative estimate of drug-likeness (QED) is 0.773. The van der Waals surface area contributed by atoms with E-state index in [4.69, 9.17) is 0 Å². The summed E-state index contributed by atoms with van der Waals surface area (Å²) in [6.07, 6.45) is 2.78. The molecule has 82 valence electrons. The minimum atomic E-state index is 0.613. The molecule has 14 heavy (non-hydrogen) atoms. The van der Waals surface area contributed by atoms with E-state index < -0.39 is 0 Å². The summed E-state index contributed by atoms with van der Waals surface area (Å²) in [5, 5.41) is 4.64. The molecular weight excluding hydrogens is 190 g/mol. The van der Waals surface area contributed by atoms with Crippen LogP contribution in [0.4, 0.5) is 0 Å². The van der Waals surface area contributed by atoms with E-state index in [1.807, 2.05) is 0 Å². The summed E-state index contributed by atoms with van der Waals surface area (Å²) < 4.78 is 0. The Morgan fingerprint density at radius 1 is 1.43 bits per heavy atom. The highest BCUT2D eigenvalue weighted by Crippen LogP contribution is 2.53. The molecule has 4 unspecified atom stereocenters. The third kappa shape index (κ3) is 2.11. The van der Waals surface area contributed by atoms with Gasteiger partial charge in [-0.1, -0.05) is 20.8 Å². The smallest absolute Gasteiger partial charge is 0.0194 e. The summed E-state index contributed by atoms with van der Waals surface area (Å²) >= 11 is 2.12. The Bertz CT molecular complexity index is 214. The number of nitrogens with one attached hydrogen (secondary N) is 1. The first-order valence-corrected chi connectivity index (χ1v) is 6.93. The first-order valence-electron chi connectivity index (χ1n) is 5.88. The van der Waals surface area contributed by atoms with Crippen molar-refractivity contribution in [3.05, 3.63) is 0 Å². The summed E-state index contributed by atoms with van der Waals surface area (Å²) in [6, 6.07) is 1.49. The lowest BCUT2D eigenvalue weighted by Crippen LogP contribution is -2.41. The highest BCUT2D eigenvalue weighted by molar-refractivity contribution is 8.00. The lowest BCUT2D eigenvalue weighted by atomic mass is 10.0. The molecule has 1 saturated carbocycles. The maximum absolute atomic E-state index is 3.83. The van der Waals surface area contributed by atoms with Gasteiger partial charge in [-0.2, -0.15) is 11.8 Å². The maximum Gasteiger partial charge on any atom is 0.0194 e. The zero-order chi connectivity index (χ0) is 10.3. The Morgan fingerprint density at radius 2 is 2.07 bits per heavy atom. The van der Waals surface area contributed by atoms with Crippen LogP contribution in [-0.2, 0) is 0 Å². The molecular formula is C12H23NS. The topological polar surface area (TPSA) is 12.0 Å². The van der Waals surface area contributed by atoms with Gasteiger partial charge < -0.3 is 5.32 Å². The summed E-state index contributed by atoms with van der Waals surface area (Å²) in [6.45, 7) is 9.51. The second kappa shape index (κ2) is 3.71. The van der Waals surface area contributed by atoms with E-state index in [0.29, 0.717) is 5.41 Å². The lowest BCUT2D eigenvalue weighted by molar-refractivity contribution is 0.377. The van der Waals surface area contributed by atoms with Gasteiger partial charge in [-0.3, -0.25) is 0 Å². The largest absolute Gasteiger partial charge is 0.310 e. The van der Waals surface area contributed by atoms with Crippen molar-refractivity contribution in [2.75, 3.05) is 5.75 Å². The summed E-state index contributed by atoms with van der Waals surface area (Å²) in [5.41, 5.74) is 0.613. The van der Waals surface area contributed by atoms with Crippen molar-refractivity contribution in [3.63, 3.8) is 0 Å². The fraction of sp³-hybridized carbons (Fsp3) is 1.00. The van der Waals surface area contributed by atoms with E-state index in [0.717, 1.165) is 23.3 Å². The van der Waals surface area contributed by atoms with Gasteiger partial charge in [-0.05, 0) is 36.9 Å². The van der Waals surface area contributed by atoms with Crippen molar-refractivity contribution in [1.29, 1.82) is 0 Å². The second-order valence-corrected chi connectivity index (χ2v) is 7.21. The Balaban J connectivity index is 1.80. The third-order valence-electron chi connectivity index (χ3n) is 4.05. The van der Waals surface area contributed by atoms with Gasteiger partial charge in [0.1, 0.15) is 0 Å². The molecule has 0 aromatic rings. The molecule has 0 aromatic heterocycles. The molecule has 1 N–H and O–H groups in total. The van der Waals surface area contributed by atoms with Crippen molar-refractivity contribution in [2.24, 2.45) is 11.3 Å². The SMILES string of the molecule is CC(NC1CCSC1C)C1CC1(C)C. The van der Waals surface area contributed by atoms with Gasteiger partial charge in [-0.15, -0.1) is 0 Å². The van der Waals surface area contributed by atoms with Crippen molar-refractivity contribution in [1.82, 2.24) is 5.32 Å². The Labute approximate surface area is 92.4 Å². The predicted molar refractivity (Wildman–Crippen MR) is 64.8 cm³/mol. The molecule has 2 heteroatoms. The van der Waals surface area contributed by atoms with Crippen LogP contribution in [0.1, 0.15) is 40.5 Å². The summed E-state index contributed by atoms with van der Waals surface area (Å²) in [4.78, 5) is 0. The highest BCUT2D eigenvalue weighted by Gasteiger charge is 2.49. The van der Waals surface area contributed by atoms with Crippen molar-refractivity contribution >= 4 is 11.8 Å². The van der Waals surface area contributed by atoms with E-state index in [1.165, 1.54) is 18.6 Å². The minimum Gasteiger partial charge on any atom is -0.310 e. The van der Waals surface area contributed by atoms with Crippen LogP contribution in [0.25, 0.3) is 0 Å². The van der Waals surface area contributed by atoms with E-state index in [1.54, 1.807) is 0 Å². The van der Waals surface area contributed by atoms with Crippen LogP contribution >= 0.6 is 11.8 Å². The summed E-state index contributed by atoms with van der Waals surface area (Å²) in [5.74, 6) is 2.26. The van der Waals surface area contributed by atoms with E-state index in [9.17, 15) is 0 Å². The van der Waals surface area contributed by atoms with E-state index >= 15 is 0 Å². The molecule has 0 radical (unpaired) electrons. The molecule has 0 bridgehead atoms. The Kier molecular flexibility index (Phi) is 2.87.